The number of carbonyl (C=O) groups excluding carboxylic acids is 2. The second-order valence-electron chi connectivity index (χ2n) is 9.60. The fourth-order valence-electron chi connectivity index (χ4n) is 5.00. The zero-order valence-corrected chi connectivity index (χ0v) is 20.7. The largest absolute Gasteiger partial charge is 0.326 e. The first-order chi connectivity index (χ1) is 17.1. The zero-order chi connectivity index (χ0) is 24.5. The molecule has 182 valence electrons. The minimum absolute atomic E-state index is 0.0461. The van der Waals surface area contributed by atoms with Crippen LogP contribution in [-0.2, 0) is 22.4 Å². The summed E-state index contributed by atoms with van der Waals surface area (Å²) in [4.78, 5) is 28.3. The van der Waals surface area contributed by atoms with Crippen LogP contribution in [0, 0.1) is 11.8 Å². The fourth-order valence-corrected chi connectivity index (χ4v) is 5.00. The molecule has 1 N–H and O–H groups in total. The highest BCUT2D eigenvalue weighted by Crippen LogP contribution is 2.34. The van der Waals surface area contributed by atoms with Crippen LogP contribution < -0.4 is 10.2 Å². The van der Waals surface area contributed by atoms with Crippen molar-refractivity contribution in [3.05, 3.63) is 96.1 Å². The van der Waals surface area contributed by atoms with Gasteiger partial charge in [-0.05, 0) is 60.6 Å². The van der Waals surface area contributed by atoms with Gasteiger partial charge >= 0.3 is 0 Å². The summed E-state index contributed by atoms with van der Waals surface area (Å²) in [6.07, 6.45) is 7.03. The lowest BCUT2D eigenvalue weighted by Gasteiger charge is -2.17. The van der Waals surface area contributed by atoms with E-state index in [0.717, 1.165) is 24.2 Å². The molecular weight excluding hydrogens is 432 g/mol. The predicted molar refractivity (Wildman–Crippen MR) is 143 cm³/mol. The molecule has 1 heterocycles. The fraction of sp³-hybridized carbons (Fsp3) is 0.355. The van der Waals surface area contributed by atoms with E-state index in [-0.39, 0.29) is 30.1 Å². The van der Waals surface area contributed by atoms with Crippen LogP contribution in [0.4, 0.5) is 11.4 Å². The van der Waals surface area contributed by atoms with Crippen LogP contribution in [-0.4, -0.2) is 18.4 Å². The summed E-state index contributed by atoms with van der Waals surface area (Å²) in [7, 11) is 0. The molecule has 0 aromatic heterocycles. The van der Waals surface area contributed by atoms with Crippen LogP contribution in [0.3, 0.4) is 0 Å². The van der Waals surface area contributed by atoms with Gasteiger partial charge in [-0.3, -0.25) is 9.59 Å². The van der Waals surface area contributed by atoms with Crippen molar-refractivity contribution in [2.24, 2.45) is 11.8 Å². The number of para-hydroxylation sites is 1. The SMILES string of the molecule is CCCCCCc1ccc(N2CC(Cc3ccccc3)C(CC(=O)Nc3ccccc3)C2=O)cc1. The van der Waals surface area contributed by atoms with Crippen molar-refractivity contribution in [3.8, 4) is 0 Å². The number of nitrogens with zero attached hydrogens (tertiary/aromatic N) is 1. The summed E-state index contributed by atoms with van der Waals surface area (Å²) in [5, 5.41) is 2.95. The number of amides is 2. The van der Waals surface area contributed by atoms with Crippen LogP contribution in [0.15, 0.2) is 84.9 Å². The number of unbranched alkanes of at least 4 members (excludes halogenated alkanes) is 3. The van der Waals surface area contributed by atoms with Crippen LogP contribution in [0.2, 0.25) is 0 Å². The van der Waals surface area contributed by atoms with Gasteiger partial charge in [0.1, 0.15) is 0 Å². The van der Waals surface area contributed by atoms with Gasteiger partial charge in [0.05, 0.1) is 5.92 Å². The van der Waals surface area contributed by atoms with Gasteiger partial charge in [-0.2, -0.15) is 0 Å². The second-order valence-corrected chi connectivity index (χ2v) is 9.60. The molecule has 3 aromatic carbocycles. The molecule has 3 aromatic rings. The number of benzene rings is 3. The standard InChI is InChI=1S/C31H36N2O2/c1-2-3-4-7-12-24-17-19-28(20-18-24)33-23-26(21-25-13-8-5-9-14-25)29(31(33)35)22-30(34)32-27-15-10-6-11-16-27/h5-6,8-11,13-20,26,29H,2-4,7,12,21-23H2,1H3,(H,32,34). The molecule has 1 aliphatic heterocycles. The minimum atomic E-state index is -0.340. The average Bonchev–Trinajstić information content (AvgIpc) is 3.18. The van der Waals surface area contributed by atoms with Gasteiger partial charge in [0.25, 0.3) is 0 Å². The molecule has 4 heteroatoms. The van der Waals surface area contributed by atoms with Gasteiger partial charge in [-0.15, -0.1) is 0 Å². The van der Waals surface area contributed by atoms with Crippen LogP contribution in [0.25, 0.3) is 0 Å². The average molecular weight is 469 g/mol. The van der Waals surface area contributed by atoms with Crippen molar-refractivity contribution in [3.63, 3.8) is 0 Å². The molecule has 0 radical (unpaired) electrons. The Bertz CT molecular complexity index is 1080. The third-order valence-corrected chi connectivity index (χ3v) is 6.94. The molecule has 0 spiro atoms. The molecule has 2 amide bonds. The Labute approximate surface area is 209 Å². The Hall–Kier alpha value is -3.40. The normalized spacial score (nSPS) is 17.5. The quantitative estimate of drug-likeness (QED) is 0.320. The van der Waals surface area contributed by atoms with Crippen LogP contribution in [0.1, 0.15) is 50.2 Å². The Morgan fingerprint density at radius 1 is 0.857 bits per heavy atom. The van der Waals surface area contributed by atoms with Crippen LogP contribution in [0.5, 0.6) is 0 Å². The Morgan fingerprint density at radius 3 is 2.23 bits per heavy atom. The molecule has 1 fully saturated rings. The van der Waals surface area contributed by atoms with Crippen LogP contribution >= 0.6 is 0 Å². The lowest BCUT2D eigenvalue weighted by atomic mass is 9.87. The number of anilines is 2. The number of hydrogen-bond acceptors (Lipinski definition) is 2. The lowest BCUT2D eigenvalue weighted by molar-refractivity contribution is -0.125. The molecule has 2 atom stereocenters. The van der Waals surface area contributed by atoms with E-state index in [1.807, 2.05) is 53.4 Å². The van der Waals surface area contributed by atoms with E-state index in [4.69, 9.17) is 0 Å². The molecule has 2 unspecified atom stereocenters. The first-order valence-corrected chi connectivity index (χ1v) is 12.9. The van der Waals surface area contributed by atoms with E-state index in [1.165, 1.54) is 36.8 Å². The second kappa shape index (κ2) is 12.3. The van der Waals surface area contributed by atoms with Crippen molar-refractivity contribution in [2.75, 3.05) is 16.8 Å². The van der Waals surface area contributed by atoms with Crippen molar-refractivity contribution in [1.82, 2.24) is 0 Å². The van der Waals surface area contributed by atoms with E-state index in [9.17, 15) is 9.59 Å². The monoisotopic (exact) mass is 468 g/mol. The molecule has 0 saturated carbocycles. The highest BCUT2D eigenvalue weighted by molar-refractivity contribution is 6.01. The maximum absolute atomic E-state index is 13.6. The van der Waals surface area contributed by atoms with E-state index in [2.05, 4.69) is 48.6 Å². The van der Waals surface area contributed by atoms with E-state index >= 15 is 0 Å². The minimum Gasteiger partial charge on any atom is -0.326 e. The smallest absolute Gasteiger partial charge is 0.230 e. The van der Waals surface area contributed by atoms with Gasteiger partial charge in [-0.25, -0.2) is 0 Å². The Morgan fingerprint density at radius 2 is 1.54 bits per heavy atom. The highest BCUT2D eigenvalue weighted by atomic mass is 16.2. The zero-order valence-electron chi connectivity index (χ0n) is 20.7. The summed E-state index contributed by atoms with van der Waals surface area (Å²) in [5.74, 6) is -0.325. The van der Waals surface area contributed by atoms with E-state index in [1.54, 1.807) is 0 Å². The van der Waals surface area contributed by atoms with Gasteiger partial charge in [-0.1, -0.05) is 86.8 Å². The molecular formula is C31H36N2O2. The summed E-state index contributed by atoms with van der Waals surface area (Å²) in [6, 6.07) is 28.1. The Balaban J connectivity index is 1.46. The molecule has 1 aliphatic rings. The molecule has 1 saturated heterocycles. The molecule has 35 heavy (non-hydrogen) atoms. The predicted octanol–water partition coefficient (Wildman–Crippen LogP) is 6.66. The van der Waals surface area contributed by atoms with E-state index in [0.29, 0.717) is 6.54 Å². The van der Waals surface area contributed by atoms with Gasteiger partial charge in [0.2, 0.25) is 11.8 Å². The topological polar surface area (TPSA) is 49.4 Å². The lowest BCUT2D eigenvalue weighted by Crippen LogP contribution is -2.29. The van der Waals surface area contributed by atoms with Crippen molar-refractivity contribution in [1.29, 1.82) is 0 Å². The highest BCUT2D eigenvalue weighted by Gasteiger charge is 2.41. The summed E-state index contributed by atoms with van der Waals surface area (Å²) >= 11 is 0. The third kappa shape index (κ3) is 6.82. The number of aryl methyl sites for hydroxylation is 1. The van der Waals surface area contributed by atoms with Crippen molar-refractivity contribution >= 4 is 23.2 Å². The summed E-state index contributed by atoms with van der Waals surface area (Å²) in [5.41, 5.74) is 4.20. The first-order valence-electron chi connectivity index (χ1n) is 12.9. The maximum Gasteiger partial charge on any atom is 0.230 e. The Kier molecular flexibility index (Phi) is 8.72. The number of carbonyl (C=O) groups is 2. The first kappa shape index (κ1) is 24.7. The molecule has 4 rings (SSSR count). The maximum atomic E-state index is 13.6. The van der Waals surface area contributed by atoms with E-state index < -0.39 is 0 Å². The number of rotatable bonds is 11. The number of nitrogens with one attached hydrogen (secondary N) is 1. The summed E-state index contributed by atoms with van der Waals surface area (Å²) < 4.78 is 0. The number of hydrogen-bond donors (Lipinski definition) is 1. The third-order valence-electron chi connectivity index (χ3n) is 6.94. The summed E-state index contributed by atoms with van der Waals surface area (Å²) in [6.45, 7) is 2.86. The van der Waals surface area contributed by atoms with Crippen molar-refractivity contribution < 1.29 is 9.59 Å². The molecule has 4 nitrogen and oxygen atoms in total. The van der Waals surface area contributed by atoms with Gasteiger partial charge in [0.15, 0.2) is 0 Å². The van der Waals surface area contributed by atoms with Gasteiger partial charge in [0, 0.05) is 24.3 Å². The molecule has 0 aliphatic carbocycles. The van der Waals surface area contributed by atoms with Crippen molar-refractivity contribution in [2.45, 2.75) is 51.9 Å². The molecule has 0 bridgehead atoms. The van der Waals surface area contributed by atoms with Gasteiger partial charge < -0.3 is 10.2 Å².